The first-order valence-electron chi connectivity index (χ1n) is 13.3. The molecule has 2 bridgehead atoms. The van der Waals surface area contributed by atoms with Crippen LogP contribution in [-0.4, -0.2) is 52.5 Å². The third kappa shape index (κ3) is 3.61. The number of aryl methyl sites for hydroxylation is 1. The summed E-state index contributed by atoms with van der Waals surface area (Å²) < 4.78 is 6.43. The summed E-state index contributed by atoms with van der Waals surface area (Å²) in [4.78, 5) is 43.0. The summed E-state index contributed by atoms with van der Waals surface area (Å²) in [7, 11) is 0. The minimum atomic E-state index is -1.11. The van der Waals surface area contributed by atoms with E-state index < -0.39 is 29.6 Å². The molecule has 8 heteroatoms. The number of hydrogen-bond donors (Lipinski definition) is 2. The molecule has 192 valence electrons. The number of carbonyl (C=O) groups excluding carboxylic acids is 3. The third-order valence-corrected chi connectivity index (χ3v) is 9.68. The summed E-state index contributed by atoms with van der Waals surface area (Å²) in [5, 5.41) is 6.80. The van der Waals surface area contributed by atoms with E-state index in [9.17, 15) is 14.4 Å². The highest BCUT2D eigenvalue weighted by Crippen LogP contribution is 2.57. The van der Waals surface area contributed by atoms with Crippen LogP contribution in [0.25, 0.3) is 0 Å². The SMILES string of the molecule is Cc1ccc(NC(=O)[C@H]2[C@H]3C=C[C@@]4(O3)[C@H]2C(=O)N(C2CC2)[C@@H]4C(=O)N[C@@H]2CCC[C@@H](C)[C@H]2C)cc1Cl. The van der Waals surface area contributed by atoms with Gasteiger partial charge in [0.25, 0.3) is 0 Å². The summed E-state index contributed by atoms with van der Waals surface area (Å²) in [6.45, 7) is 6.33. The van der Waals surface area contributed by atoms with Gasteiger partial charge in [0.15, 0.2) is 0 Å². The number of carbonyl (C=O) groups is 3. The van der Waals surface area contributed by atoms with Gasteiger partial charge in [-0.25, -0.2) is 0 Å². The lowest BCUT2D eigenvalue weighted by Crippen LogP contribution is -2.58. The lowest BCUT2D eigenvalue weighted by atomic mass is 9.73. The van der Waals surface area contributed by atoms with Crippen LogP contribution in [-0.2, 0) is 19.1 Å². The van der Waals surface area contributed by atoms with Crippen LogP contribution in [0.2, 0.25) is 5.02 Å². The van der Waals surface area contributed by atoms with E-state index in [0.29, 0.717) is 22.5 Å². The molecular weight excluding hydrogens is 478 g/mol. The molecule has 4 fully saturated rings. The highest BCUT2D eigenvalue weighted by atomic mass is 35.5. The zero-order valence-corrected chi connectivity index (χ0v) is 21.8. The molecule has 3 aliphatic heterocycles. The molecule has 2 N–H and O–H groups in total. The molecule has 1 aromatic rings. The molecule has 8 atom stereocenters. The number of ether oxygens (including phenoxy) is 1. The maximum absolute atomic E-state index is 13.9. The summed E-state index contributed by atoms with van der Waals surface area (Å²) in [6.07, 6.45) is 8.16. The fraction of sp³-hybridized carbons (Fsp3) is 0.607. The van der Waals surface area contributed by atoms with Gasteiger partial charge in [-0.05, 0) is 55.7 Å². The van der Waals surface area contributed by atoms with Crippen molar-refractivity contribution in [1.29, 1.82) is 0 Å². The second kappa shape index (κ2) is 8.59. The number of hydrogen-bond acceptors (Lipinski definition) is 4. The lowest BCUT2D eigenvalue weighted by Gasteiger charge is -2.38. The standard InChI is InChI=1S/C28H34ClN3O4/c1-14-5-4-6-20(16(14)3)31-26(34)24-28-12-11-21(36-28)22(23(28)27(35)32(24)18-9-10-18)25(33)30-17-8-7-15(2)19(29)13-17/h7-8,11-14,16,18,20-24H,4-6,9-10H2,1-3H3,(H,30,33)(H,31,34)/t14-,16-,20-,21-,22+,23-,24-,28-/m1/s1. The van der Waals surface area contributed by atoms with Gasteiger partial charge in [0, 0.05) is 22.8 Å². The Labute approximate surface area is 217 Å². The van der Waals surface area contributed by atoms with Crippen molar-refractivity contribution < 1.29 is 19.1 Å². The molecule has 6 rings (SSSR count). The Kier molecular flexibility index (Phi) is 5.72. The minimum absolute atomic E-state index is 0.0339. The largest absolute Gasteiger partial charge is 0.359 e. The molecule has 2 aliphatic carbocycles. The predicted molar refractivity (Wildman–Crippen MR) is 136 cm³/mol. The van der Waals surface area contributed by atoms with Gasteiger partial charge in [-0.15, -0.1) is 0 Å². The normalized spacial score (nSPS) is 38.8. The molecule has 1 aromatic carbocycles. The van der Waals surface area contributed by atoms with Gasteiger partial charge in [0.1, 0.15) is 11.6 Å². The van der Waals surface area contributed by atoms with Crippen molar-refractivity contribution in [2.24, 2.45) is 23.7 Å². The summed E-state index contributed by atoms with van der Waals surface area (Å²) >= 11 is 6.25. The number of fused-ring (bicyclic) bond motifs is 1. The number of nitrogens with one attached hydrogen (secondary N) is 2. The zero-order chi connectivity index (χ0) is 25.4. The maximum Gasteiger partial charge on any atom is 0.246 e. The minimum Gasteiger partial charge on any atom is -0.359 e. The fourth-order valence-corrected chi connectivity index (χ4v) is 7.08. The number of likely N-dealkylation sites (tertiary alicyclic amines) is 1. The van der Waals surface area contributed by atoms with E-state index in [-0.39, 0.29) is 29.8 Å². The molecule has 7 nitrogen and oxygen atoms in total. The van der Waals surface area contributed by atoms with Gasteiger partial charge < -0.3 is 20.3 Å². The van der Waals surface area contributed by atoms with Crippen LogP contribution in [0, 0.1) is 30.6 Å². The van der Waals surface area contributed by atoms with Gasteiger partial charge in [-0.2, -0.15) is 0 Å². The van der Waals surface area contributed by atoms with E-state index in [1.807, 2.05) is 25.1 Å². The van der Waals surface area contributed by atoms with Crippen molar-refractivity contribution >= 4 is 35.0 Å². The number of halogens is 1. The highest BCUT2D eigenvalue weighted by Gasteiger charge is 2.74. The summed E-state index contributed by atoms with van der Waals surface area (Å²) in [6, 6.07) is 4.73. The second-order valence-corrected chi connectivity index (χ2v) is 11.9. The van der Waals surface area contributed by atoms with E-state index in [2.05, 4.69) is 24.5 Å². The topological polar surface area (TPSA) is 87.7 Å². The Morgan fingerprint density at radius 2 is 1.92 bits per heavy atom. The van der Waals surface area contributed by atoms with Crippen molar-refractivity contribution in [1.82, 2.24) is 10.2 Å². The van der Waals surface area contributed by atoms with Gasteiger partial charge >= 0.3 is 0 Å². The van der Waals surface area contributed by atoms with Gasteiger partial charge in [0.2, 0.25) is 17.7 Å². The number of amides is 3. The number of benzene rings is 1. The first-order valence-corrected chi connectivity index (χ1v) is 13.7. The van der Waals surface area contributed by atoms with Crippen LogP contribution < -0.4 is 10.6 Å². The zero-order valence-electron chi connectivity index (χ0n) is 21.0. The van der Waals surface area contributed by atoms with Gasteiger partial charge in [0.05, 0.1) is 17.9 Å². The van der Waals surface area contributed by atoms with Crippen LogP contribution in [0.3, 0.4) is 0 Å². The molecule has 0 aromatic heterocycles. The van der Waals surface area contributed by atoms with E-state index in [1.54, 1.807) is 17.0 Å². The second-order valence-electron chi connectivity index (χ2n) is 11.5. The summed E-state index contributed by atoms with van der Waals surface area (Å²) in [5.74, 6) is -1.07. The van der Waals surface area contributed by atoms with Crippen molar-refractivity contribution in [3.8, 4) is 0 Å². The Morgan fingerprint density at radius 3 is 2.64 bits per heavy atom. The molecule has 1 spiro atoms. The van der Waals surface area contributed by atoms with Crippen LogP contribution in [0.4, 0.5) is 5.69 Å². The molecular formula is C28H34ClN3O4. The molecule has 3 heterocycles. The monoisotopic (exact) mass is 511 g/mol. The quantitative estimate of drug-likeness (QED) is 0.588. The Balaban J connectivity index is 1.28. The molecule has 3 amide bonds. The average Bonchev–Trinajstić information content (AvgIpc) is 3.43. The van der Waals surface area contributed by atoms with E-state index in [4.69, 9.17) is 16.3 Å². The smallest absolute Gasteiger partial charge is 0.246 e. The third-order valence-electron chi connectivity index (χ3n) is 9.28. The van der Waals surface area contributed by atoms with E-state index in [1.165, 1.54) is 6.42 Å². The number of nitrogens with zero attached hydrogens (tertiary/aromatic N) is 1. The molecule has 2 saturated carbocycles. The maximum atomic E-state index is 13.9. The lowest BCUT2D eigenvalue weighted by molar-refractivity contribution is -0.142. The summed E-state index contributed by atoms with van der Waals surface area (Å²) in [5.41, 5.74) is 0.391. The van der Waals surface area contributed by atoms with Crippen LogP contribution in [0.1, 0.15) is 51.5 Å². The Bertz CT molecular complexity index is 1150. The van der Waals surface area contributed by atoms with Gasteiger partial charge in [-0.1, -0.05) is 56.5 Å². The first-order chi connectivity index (χ1) is 17.2. The van der Waals surface area contributed by atoms with Crippen LogP contribution in [0.15, 0.2) is 30.4 Å². The van der Waals surface area contributed by atoms with E-state index in [0.717, 1.165) is 31.2 Å². The molecule has 36 heavy (non-hydrogen) atoms. The number of rotatable bonds is 5. The fourth-order valence-electron chi connectivity index (χ4n) is 6.90. The average molecular weight is 512 g/mol. The van der Waals surface area contributed by atoms with Crippen molar-refractivity contribution in [3.05, 3.63) is 40.9 Å². The first kappa shape index (κ1) is 24.0. The molecule has 0 radical (unpaired) electrons. The predicted octanol–water partition coefficient (Wildman–Crippen LogP) is 3.84. The van der Waals surface area contributed by atoms with Gasteiger partial charge in [-0.3, -0.25) is 14.4 Å². The Hall–Kier alpha value is -2.38. The van der Waals surface area contributed by atoms with Crippen molar-refractivity contribution in [3.63, 3.8) is 0 Å². The Morgan fingerprint density at radius 1 is 1.14 bits per heavy atom. The van der Waals surface area contributed by atoms with Crippen LogP contribution in [0.5, 0.6) is 0 Å². The molecule has 0 unspecified atom stereocenters. The molecule has 2 saturated heterocycles. The highest BCUT2D eigenvalue weighted by molar-refractivity contribution is 6.31. The molecule has 5 aliphatic rings. The van der Waals surface area contributed by atoms with Crippen molar-refractivity contribution in [2.75, 3.05) is 5.32 Å². The van der Waals surface area contributed by atoms with E-state index >= 15 is 0 Å². The number of anilines is 1. The van der Waals surface area contributed by atoms with Crippen LogP contribution >= 0.6 is 11.6 Å². The van der Waals surface area contributed by atoms with Crippen molar-refractivity contribution in [2.45, 2.75) is 82.7 Å².